The molecule has 0 atom stereocenters. The summed E-state index contributed by atoms with van der Waals surface area (Å²) in [5.41, 5.74) is 1.54. The molecule has 0 aliphatic rings. The number of carbonyl (C=O) groups is 2. The number of fused-ring (bicyclic) bond motifs is 1. The van der Waals surface area contributed by atoms with Crippen molar-refractivity contribution in [2.24, 2.45) is 5.10 Å². The Balaban J connectivity index is 1.71. The normalized spacial score (nSPS) is 11.5. The number of hydrogen-bond acceptors (Lipinski definition) is 4. The monoisotopic (exact) mass is 415 g/mol. The zero-order valence-corrected chi connectivity index (χ0v) is 15.7. The number of alkyl halides is 3. The van der Waals surface area contributed by atoms with Gasteiger partial charge in [0.15, 0.2) is 0 Å². The minimum atomic E-state index is -4.56. The molecule has 0 unspecified atom stereocenters. The van der Waals surface area contributed by atoms with Crippen LogP contribution in [0.15, 0.2) is 65.8 Å². The molecule has 0 spiro atoms. The summed E-state index contributed by atoms with van der Waals surface area (Å²) < 4.78 is 43.5. The van der Waals surface area contributed by atoms with Gasteiger partial charge in [-0.2, -0.15) is 18.3 Å². The Bertz CT molecular complexity index is 1130. The molecule has 0 radical (unpaired) electrons. The second-order valence-corrected chi connectivity index (χ2v) is 6.13. The van der Waals surface area contributed by atoms with E-state index in [9.17, 15) is 22.8 Å². The number of carbonyl (C=O) groups excluding carboxylic acids is 2. The van der Waals surface area contributed by atoms with Crippen LogP contribution >= 0.6 is 0 Å². The lowest BCUT2D eigenvalue weighted by atomic mass is 10.0. The molecule has 0 saturated heterocycles. The van der Waals surface area contributed by atoms with Crippen LogP contribution in [0.3, 0.4) is 0 Å². The number of nitrogens with zero attached hydrogens (tertiary/aromatic N) is 1. The van der Waals surface area contributed by atoms with Crippen LogP contribution < -0.4 is 15.5 Å². The fourth-order valence-electron chi connectivity index (χ4n) is 2.75. The number of methoxy groups -OCH3 is 1. The maximum Gasteiger partial charge on any atom is 0.416 e. The van der Waals surface area contributed by atoms with Gasteiger partial charge in [0.05, 0.1) is 18.9 Å². The molecule has 3 aromatic carbocycles. The largest absolute Gasteiger partial charge is 0.496 e. The van der Waals surface area contributed by atoms with Gasteiger partial charge in [-0.3, -0.25) is 9.59 Å². The van der Waals surface area contributed by atoms with Crippen molar-refractivity contribution in [1.82, 2.24) is 5.43 Å². The summed E-state index contributed by atoms with van der Waals surface area (Å²) >= 11 is 0. The smallest absolute Gasteiger partial charge is 0.416 e. The van der Waals surface area contributed by atoms with Crippen LogP contribution in [0.4, 0.5) is 18.9 Å². The summed E-state index contributed by atoms with van der Waals surface area (Å²) in [6, 6.07) is 15.0. The van der Waals surface area contributed by atoms with Crippen molar-refractivity contribution >= 4 is 34.5 Å². The lowest BCUT2D eigenvalue weighted by molar-refractivity contribution is -0.137. The van der Waals surface area contributed by atoms with Gasteiger partial charge in [0.1, 0.15) is 5.75 Å². The van der Waals surface area contributed by atoms with Crippen LogP contribution in [0.5, 0.6) is 5.75 Å². The summed E-state index contributed by atoms with van der Waals surface area (Å²) in [7, 11) is 1.49. The van der Waals surface area contributed by atoms with Crippen molar-refractivity contribution in [2.45, 2.75) is 6.18 Å². The molecular formula is C21H16F3N3O3. The van der Waals surface area contributed by atoms with E-state index in [1.54, 1.807) is 6.07 Å². The third-order valence-corrected chi connectivity index (χ3v) is 4.16. The Morgan fingerprint density at radius 2 is 1.77 bits per heavy atom. The zero-order chi connectivity index (χ0) is 21.7. The predicted molar refractivity (Wildman–Crippen MR) is 106 cm³/mol. The third kappa shape index (κ3) is 4.75. The number of hydrogen-bond donors (Lipinski definition) is 2. The summed E-state index contributed by atoms with van der Waals surface area (Å²) in [5.74, 6) is -1.78. The number of hydrazone groups is 1. The van der Waals surface area contributed by atoms with Gasteiger partial charge in [0.2, 0.25) is 0 Å². The average Bonchev–Trinajstić information content (AvgIpc) is 2.73. The summed E-state index contributed by atoms with van der Waals surface area (Å²) in [6.45, 7) is 0. The number of benzene rings is 3. The van der Waals surface area contributed by atoms with Gasteiger partial charge in [0.25, 0.3) is 0 Å². The molecule has 0 aliphatic heterocycles. The molecule has 30 heavy (non-hydrogen) atoms. The lowest BCUT2D eigenvalue weighted by Crippen LogP contribution is -2.32. The second kappa shape index (κ2) is 8.64. The summed E-state index contributed by atoms with van der Waals surface area (Å²) in [6.07, 6.45) is -3.23. The first-order valence-electron chi connectivity index (χ1n) is 8.67. The molecule has 0 heterocycles. The van der Waals surface area contributed by atoms with Crippen LogP contribution in [0, 0.1) is 0 Å². The Labute approximate surface area is 169 Å². The van der Waals surface area contributed by atoms with Crippen LogP contribution in [0.1, 0.15) is 11.1 Å². The number of anilines is 1. The molecule has 3 aromatic rings. The quantitative estimate of drug-likeness (QED) is 0.385. The minimum absolute atomic E-state index is 0.162. The number of nitrogens with one attached hydrogen (secondary N) is 2. The highest BCUT2D eigenvalue weighted by molar-refractivity contribution is 6.39. The van der Waals surface area contributed by atoms with E-state index < -0.39 is 23.6 Å². The van der Waals surface area contributed by atoms with Gasteiger partial charge in [-0.15, -0.1) is 0 Å². The Morgan fingerprint density at radius 1 is 1.00 bits per heavy atom. The Kier molecular flexibility index (Phi) is 6.01. The molecule has 0 aromatic heterocycles. The van der Waals surface area contributed by atoms with Gasteiger partial charge in [0, 0.05) is 11.3 Å². The fourth-order valence-corrected chi connectivity index (χ4v) is 2.75. The van der Waals surface area contributed by atoms with E-state index in [0.717, 1.165) is 29.0 Å². The molecule has 154 valence electrons. The van der Waals surface area contributed by atoms with E-state index >= 15 is 0 Å². The maximum absolute atomic E-state index is 12.7. The maximum atomic E-state index is 12.7. The first-order chi connectivity index (χ1) is 14.3. The van der Waals surface area contributed by atoms with E-state index in [-0.39, 0.29) is 5.69 Å². The van der Waals surface area contributed by atoms with Gasteiger partial charge in [-0.1, -0.05) is 36.4 Å². The molecular weight excluding hydrogens is 399 g/mol. The molecule has 0 saturated carbocycles. The van der Waals surface area contributed by atoms with E-state index in [4.69, 9.17) is 4.74 Å². The van der Waals surface area contributed by atoms with E-state index in [1.807, 2.05) is 30.3 Å². The molecule has 0 fully saturated rings. The number of rotatable bonds is 4. The third-order valence-electron chi connectivity index (χ3n) is 4.16. The van der Waals surface area contributed by atoms with Crippen LogP contribution in [-0.4, -0.2) is 25.1 Å². The van der Waals surface area contributed by atoms with Crippen molar-refractivity contribution in [1.29, 1.82) is 0 Å². The first-order valence-corrected chi connectivity index (χ1v) is 8.67. The van der Waals surface area contributed by atoms with Gasteiger partial charge < -0.3 is 10.1 Å². The van der Waals surface area contributed by atoms with E-state index in [0.29, 0.717) is 11.3 Å². The molecule has 6 nitrogen and oxygen atoms in total. The van der Waals surface area contributed by atoms with Crippen molar-refractivity contribution in [3.8, 4) is 5.75 Å². The standard InChI is InChI=1S/C21H16F3N3O3/c1-30-18-10-9-13-5-2-3-8-16(13)17(18)12-25-27-20(29)19(28)26-15-7-4-6-14(11-15)21(22,23)24/h2-12H,1H3,(H,26,28)(H,27,29)/b25-12-. The molecule has 0 aliphatic carbocycles. The number of amides is 2. The first kappa shape index (κ1) is 20.8. The molecule has 0 bridgehead atoms. The molecule has 2 amide bonds. The number of ether oxygens (including phenoxy) is 1. The average molecular weight is 415 g/mol. The Morgan fingerprint density at radius 3 is 2.50 bits per heavy atom. The van der Waals surface area contributed by atoms with Gasteiger partial charge in [-0.05, 0) is 35.0 Å². The van der Waals surface area contributed by atoms with Crippen molar-refractivity contribution in [2.75, 3.05) is 12.4 Å². The van der Waals surface area contributed by atoms with Crippen molar-refractivity contribution in [3.05, 3.63) is 71.8 Å². The molecule has 9 heteroatoms. The summed E-state index contributed by atoms with van der Waals surface area (Å²) in [5, 5.41) is 7.63. The SMILES string of the molecule is COc1ccc2ccccc2c1/C=N\NC(=O)C(=O)Nc1cccc(C(F)(F)F)c1. The molecule has 3 rings (SSSR count). The highest BCUT2D eigenvalue weighted by Gasteiger charge is 2.30. The van der Waals surface area contributed by atoms with Gasteiger partial charge in [-0.25, -0.2) is 5.43 Å². The van der Waals surface area contributed by atoms with Gasteiger partial charge >= 0.3 is 18.0 Å². The van der Waals surface area contributed by atoms with Crippen LogP contribution in [-0.2, 0) is 15.8 Å². The minimum Gasteiger partial charge on any atom is -0.496 e. The second-order valence-electron chi connectivity index (χ2n) is 6.13. The zero-order valence-electron chi connectivity index (χ0n) is 15.7. The lowest BCUT2D eigenvalue weighted by Gasteiger charge is -2.09. The Hall–Kier alpha value is -3.88. The van der Waals surface area contributed by atoms with Crippen molar-refractivity contribution < 1.29 is 27.5 Å². The highest BCUT2D eigenvalue weighted by atomic mass is 19.4. The van der Waals surface area contributed by atoms with Crippen LogP contribution in [0.2, 0.25) is 0 Å². The van der Waals surface area contributed by atoms with E-state index in [2.05, 4.69) is 15.8 Å². The van der Waals surface area contributed by atoms with Crippen molar-refractivity contribution in [3.63, 3.8) is 0 Å². The van der Waals surface area contributed by atoms with Crippen LogP contribution in [0.25, 0.3) is 10.8 Å². The number of halogens is 3. The molecule has 2 N–H and O–H groups in total. The fraction of sp³-hybridized carbons (Fsp3) is 0.0952. The predicted octanol–water partition coefficient (Wildman–Crippen LogP) is 3.96. The van der Waals surface area contributed by atoms with E-state index in [1.165, 1.54) is 19.4 Å². The summed E-state index contributed by atoms with van der Waals surface area (Å²) in [4.78, 5) is 23.9. The topological polar surface area (TPSA) is 79.8 Å². The highest BCUT2D eigenvalue weighted by Crippen LogP contribution is 2.30.